The molecule has 2 heterocycles. The van der Waals surface area contributed by atoms with Crippen LogP contribution >= 0.6 is 12.4 Å². The van der Waals surface area contributed by atoms with Crippen molar-refractivity contribution in [3.05, 3.63) is 0 Å². The Labute approximate surface area is 101 Å². The molecule has 2 rings (SSSR count). The fraction of sp³-hybridized carbons (Fsp3) is 0.800. The molecule has 0 aromatic rings. The predicted octanol–water partition coefficient (Wildman–Crippen LogP) is -0.635. The third-order valence-electron chi connectivity index (χ3n) is 3.19. The van der Waals surface area contributed by atoms with Crippen LogP contribution in [0.1, 0.15) is 13.3 Å². The van der Waals surface area contributed by atoms with Crippen LogP contribution in [0.3, 0.4) is 0 Å². The van der Waals surface area contributed by atoms with Crippen LogP contribution in [0.5, 0.6) is 0 Å². The Balaban J connectivity index is 0.00000128. The Morgan fingerprint density at radius 2 is 2.19 bits per heavy atom. The van der Waals surface area contributed by atoms with Crippen LogP contribution in [0.25, 0.3) is 0 Å². The molecule has 16 heavy (non-hydrogen) atoms. The molecular weight excluding hydrogens is 230 g/mol. The second-order valence-corrected chi connectivity index (χ2v) is 4.19. The van der Waals surface area contributed by atoms with Crippen LogP contribution in [0, 0.1) is 5.92 Å². The maximum absolute atomic E-state index is 12.1. The van der Waals surface area contributed by atoms with Crippen molar-refractivity contribution < 1.29 is 9.59 Å². The van der Waals surface area contributed by atoms with Crippen molar-refractivity contribution in [2.75, 3.05) is 26.2 Å². The second kappa shape index (κ2) is 5.50. The molecule has 2 atom stereocenters. The summed E-state index contributed by atoms with van der Waals surface area (Å²) >= 11 is 0. The second-order valence-electron chi connectivity index (χ2n) is 4.19. The highest BCUT2D eigenvalue weighted by Crippen LogP contribution is 2.15. The third kappa shape index (κ3) is 2.47. The lowest BCUT2D eigenvalue weighted by molar-refractivity contribution is -0.145. The molecule has 2 aliphatic heterocycles. The smallest absolute Gasteiger partial charge is 0.242 e. The fourth-order valence-electron chi connectivity index (χ4n) is 2.18. The number of hydrogen-bond donors (Lipinski definition) is 2. The highest BCUT2D eigenvalue weighted by atomic mass is 35.5. The van der Waals surface area contributed by atoms with Gasteiger partial charge in [0.2, 0.25) is 11.8 Å². The Bertz CT molecular complexity index is 279. The van der Waals surface area contributed by atoms with Crippen LogP contribution in [-0.4, -0.2) is 48.9 Å². The molecule has 6 heteroatoms. The molecule has 0 bridgehead atoms. The summed E-state index contributed by atoms with van der Waals surface area (Å²) in [6, 6.07) is -0.313. The molecular formula is C10H18ClN3O2. The lowest BCUT2D eigenvalue weighted by atomic mass is 10.1. The first-order valence-electron chi connectivity index (χ1n) is 5.49. The van der Waals surface area contributed by atoms with Gasteiger partial charge in [0, 0.05) is 19.6 Å². The first-order chi connectivity index (χ1) is 7.20. The Morgan fingerprint density at radius 3 is 2.81 bits per heavy atom. The van der Waals surface area contributed by atoms with Crippen LogP contribution in [0.4, 0.5) is 0 Å². The maximum atomic E-state index is 12.1. The summed E-state index contributed by atoms with van der Waals surface area (Å²) in [5.74, 6) is 0.154. The number of rotatable bonds is 1. The predicted molar refractivity (Wildman–Crippen MR) is 62.4 cm³/mol. The fourth-order valence-corrected chi connectivity index (χ4v) is 2.18. The first-order valence-corrected chi connectivity index (χ1v) is 5.49. The number of hydrogen-bond acceptors (Lipinski definition) is 3. The number of piperazine rings is 1. The maximum Gasteiger partial charge on any atom is 0.242 e. The molecule has 0 saturated carbocycles. The van der Waals surface area contributed by atoms with E-state index in [4.69, 9.17) is 0 Å². The summed E-state index contributed by atoms with van der Waals surface area (Å²) in [5.41, 5.74) is 0. The van der Waals surface area contributed by atoms with Crippen molar-refractivity contribution in [3.8, 4) is 0 Å². The minimum absolute atomic E-state index is 0. The number of halogens is 1. The van der Waals surface area contributed by atoms with E-state index in [1.165, 1.54) is 0 Å². The van der Waals surface area contributed by atoms with Gasteiger partial charge < -0.3 is 15.5 Å². The lowest BCUT2D eigenvalue weighted by Crippen LogP contribution is -2.57. The Hall–Kier alpha value is -0.810. The minimum Gasteiger partial charge on any atom is -0.353 e. The van der Waals surface area contributed by atoms with Gasteiger partial charge in [-0.3, -0.25) is 9.59 Å². The van der Waals surface area contributed by atoms with Crippen molar-refractivity contribution in [2.24, 2.45) is 5.92 Å². The molecule has 0 radical (unpaired) electrons. The molecule has 2 saturated heterocycles. The average Bonchev–Trinajstić information content (AvgIpc) is 2.74. The van der Waals surface area contributed by atoms with Crippen LogP contribution < -0.4 is 10.6 Å². The standard InChI is InChI=1S/C10H17N3O2.ClH/c1-7-9(14)12-4-5-13(7)10(15)8-2-3-11-6-8;/h7-8,11H,2-6H2,1H3,(H,12,14);1H/t7?,8-;/m1./s1. The van der Waals surface area contributed by atoms with Gasteiger partial charge in [0.1, 0.15) is 6.04 Å². The van der Waals surface area contributed by atoms with Crippen LogP contribution in [-0.2, 0) is 9.59 Å². The van der Waals surface area contributed by atoms with E-state index in [-0.39, 0.29) is 36.2 Å². The van der Waals surface area contributed by atoms with E-state index in [9.17, 15) is 9.59 Å². The lowest BCUT2D eigenvalue weighted by Gasteiger charge is -2.34. The summed E-state index contributed by atoms with van der Waals surface area (Å²) in [6.45, 7) is 4.67. The molecule has 92 valence electrons. The summed E-state index contributed by atoms with van der Waals surface area (Å²) < 4.78 is 0. The van der Waals surface area contributed by atoms with Crippen molar-refractivity contribution in [2.45, 2.75) is 19.4 Å². The molecule has 2 N–H and O–H groups in total. The summed E-state index contributed by atoms with van der Waals surface area (Å²) in [4.78, 5) is 25.2. The van der Waals surface area contributed by atoms with E-state index in [1.807, 2.05) is 0 Å². The SMILES string of the molecule is CC1C(=O)NCCN1C(=O)[C@@H]1CCNC1.Cl. The minimum atomic E-state index is -0.313. The Kier molecular flexibility index (Phi) is 4.56. The largest absolute Gasteiger partial charge is 0.353 e. The number of nitrogens with zero attached hydrogens (tertiary/aromatic N) is 1. The number of nitrogens with one attached hydrogen (secondary N) is 2. The zero-order valence-electron chi connectivity index (χ0n) is 9.36. The van der Waals surface area contributed by atoms with Gasteiger partial charge in [0.25, 0.3) is 0 Å². The van der Waals surface area contributed by atoms with Gasteiger partial charge in [-0.2, -0.15) is 0 Å². The van der Waals surface area contributed by atoms with Crippen LogP contribution in [0.15, 0.2) is 0 Å². The molecule has 2 fully saturated rings. The zero-order chi connectivity index (χ0) is 10.8. The van der Waals surface area contributed by atoms with Gasteiger partial charge in [-0.25, -0.2) is 0 Å². The van der Waals surface area contributed by atoms with E-state index in [0.29, 0.717) is 13.1 Å². The Morgan fingerprint density at radius 1 is 1.44 bits per heavy atom. The van der Waals surface area contributed by atoms with Gasteiger partial charge in [-0.05, 0) is 19.9 Å². The van der Waals surface area contributed by atoms with Crippen molar-refractivity contribution >= 4 is 24.2 Å². The van der Waals surface area contributed by atoms with Gasteiger partial charge in [-0.15, -0.1) is 12.4 Å². The molecule has 0 aromatic carbocycles. The highest BCUT2D eigenvalue weighted by Gasteiger charge is 2.34. The number of amides is 2. The highest BCUT2D eigenvalue weighted by molar-refractivity contribution is 5.89. The quantitative estimate of drug-likeness (QED) is 0.648. The van der Waals surface area contributed by atoms with Crippen molar-refractivity contribution in [1.29, 1.82) is 0 Å². The third-order valence-corrected chi connectivity index (χ3v) is 3.19. The van der Waals surface area contributed by atoms with Gasteiger partial charge >= 0.3 is 0 Å². The van der Waals surface area contributed by atoms with E-state index in [1.54, 1.807) is 11.8 Å². The monoisotopic (exact) mass is 247 g/mol. The van der Waals surface area contributed by atoms with Crippen molar-refractivity contribution in [1.82, 2.24) is 15.5 Å². The van der Waals surface area contributed by atoms with Gasteiger partial charge in [0.05, 0.1) is 5.92 Å². The topological polar surface area (TPSA) is 61.4 Å². The number of carbonyl (C=O) groups excluding carboxylic acids is 2. The zero-order valence-corrected chi connectivity index (χ0v) is 10.2. The van der Waals surface area contributed by atoms with Crippen molar-refractivity contribution in [3.63, 3.8) is 0 Å². The molecule has 2 aliphatic rings. The molecule has 2 amide bonds. The van der Waals surface area contributed by atoms with E-state index in [2.05, 4.69) is 10.6 Å². The molecule has 5 nitrogen and oxygen atoms in total. The van der Waals surface area contributed by atoms with Gasteiger partial charge in [-0.1, -0.05) is 0 Å². The normalized spacial score (nSPS) is 29.6. The van der Waals surface area contributed by atoms with E-state index >= 15 is 0 Å². The molecule has 0 aliphatic carbocycles. The average molecular weight is 248 g/mol. The summed E-state index contributed by atoms with van der Waals surface area (Å²) in [5, 5.41) is 5.93. The van der Waals surface area contributed by atoms with E-state index < -0.39 is 0 Å². The molecule has 0 aromatic heterocycles. The van der Waals surface area contributed by atoms with E-state index in [0.717, 1.165) is 19.5 Å². The first kappa shape index (κ1) is 13.3. The van der Waals surface area contributed by atoms with Gasteiger partial charge in [0.15, 0.2) is 0 Å². The summed E-state index contributed by atoms with van der Waals surface area (Å²) in [7, 11) is 0. The molecule has 0 spiro atoms. The summed E-state index contributed by atoms with van der Waals surface area (Å²) in [6.07, 6.45) is 0.893. The molecule has 1 unspecified atom stereocenters. The number of carbonyl (C=O) groups is 2. The van der Waals surface area contributed by atoms with Crippen LogP contribution in [0.2, 0.25) is 0 Å².